The number of carboxylic acid groups (broad SMARTS) is 1. The summed E-state index contributed by atoms with van der Waals surface area (Å²) in [6.07, 6.45) is 0.353. The van der Waals surface area contributed by atoms with Gasteiger partial charge in [0.2, 0.25) is 0 Å². The highest BCUT2D eigenvalue weighted by atomic mass is 32.1. The van der Waals surface area contributed by atoms with Crippen molar-refractivity contribution in [2.45, 2.75) is 6.42 Å². The highest BCUT2D eigenvalue weighted by Gasteiger charge is 2.20. The van der Waals surface area contributed by atoms with E-state index in [0.29, 0.717) is 6.42 Å². The number of thiocarbonyl (C=S) groups is 1. The third-order valence-corrected chi connectivity index (χ3v) is 2.21. The van der Waals surface area contributed by atoms with Gasteiger partial charge in [-0.15, -0.1) is 0 Å². The van der Waals surface area contributed by atoms with Gasteiger partial charge in [0.25, 0.3) is 0 Å². The normalized spacial score (nSPS) is 12.0. The molecule has 4 heteroatoms. The molecule has 0 radical (unpaired) electrons. The number of carbonyl (C=O) groups is 1. The fraction of sp³-hybridized carbons (Fsp3) is 0.200. The molecule has 74 valence electrons. The standard InChI is InChI=1S/C10H11NO2S/c11-9(14)8(10(12)13)6-7-4-2-1-3-5-7/h1-5,8H,6H2,(H2,11,14)(H,12,13). The molecule has 0 spiro atoms. The first-order valence-corrected chi connectivity index (χ1v) is 4.58. The van der Waals surface area contributed by atoms with Crippen LogP contribution in [0, 0.1) is 5.92 Å². The Labute approximate surface area is 87.5 Å². The van der Waals surface area contributed by atoms with Gasteiger partial charge in [0.05, 0.1) is 4.99 Å². The molecule has 3 N–H and O–H groups in total. The second kappa shape index (κ2) is 4.72. The summed E-state index contributed by atoms with van der Waals surface area (Å²) in [6.45, 7) is 0. The van der Waals surface area contributed by atoms with Gasteiger partial charge in [-0.3, -0.25) is 4.79 Å². The molecule has 1 rings (SSSR count). The van der Waals surface area contributed by atoms with Gasteiger partial charge in [0.15, 0.2) is 0 Å². The van der Waals surface area contributed by atoms with E-state index in [0.717, 1.165) is 5.56 Å². The van der Waals surface area contributed by atoms with E-state index in [-0.39, 0.29) is 4.99 Å². The van der Waals surface area contributed by atoms with Crippen LogP contribution in [-0.2, 0) is 11.2 Å². The highest BCUT2D eigenvalue weighted by molar-refractivity contribution is 7.80. The number of hydrogen-bond acceptors (Lipinski definition) is 2. The van der Waals surface area contributed by atoms with Gasteiger partial charge in [-0.2, -0.15) is 0 Å². The third kappa shape index (κ3) is 2.81. The minimum Gasteiger partial charge on any atom is -0.481 e. The molecule has 1 atom stereocenters. The lowest BCUT2D eigenvalue weighted by Gasteiger charge is -2.09. The summed E-state index contributed by atoms with van der Waals surface area (Å²) in [5.74, 6) is -1.74. The zero-order valence-electron chi connectivity index (χ0n) is 7.51. The maximum Gasteiger partial charge on any atom is 0.313 e. The quantitative estimate of drug-likeness (QED) is 0.732. The molecule has 3 nitrogen and oxygen atoms in total. The third-order valence-electron chi connectivity index (χ3n) is 1.92. The summed E-state index contributed by atoms with van der Waals surface area (Å²) in [7, 11) is 0. The Morgan fingerprint density at radius 1 is 1.43 bits per heavy atom. The average Bonchev–Trinajstić information content (AvgIpc) is 2.15. The Morgan fingerprint density at radius 3 is 2.43 bits per heavy atom. The minimum absolute atomic E-state index is 0.0290. The molecular weight excluding hydrogens is 198 g/mol. The predicted octanol–water partition coefficient (Wildman–Crippen LogP) is 1.22. The van der Waals surface area contributed by atoms with E-state index in [4.69, 9.17) is 10.8 Å². The molecule has 0 bridgehead atoms. The fourth-order valence-electron chi connectivity index (χ4n) is 1.16. The van der Waals surface area contributed by atoms with Crippen molar-refractivity contribution in [1.82, 2.24) is 0 Å². The summed E-state index contributed by atoms with van der Waals surface area (Å²) >= 11 is 4.69. The number of rotatable bonds is 4. The van der Waals surface area contributed by atoms with Gasteiger partial charge in [-0.25, -0.2) is 0 Å². The SMILES string of the molecule is NC(=S)C(Cc1ccccc1)C(=O)O. The maximum absolute atomic E-state index is 10.8. The molecule has 0 aliphatic carbocycles. The predicted molar refractivity (Wildman–Crippen MR) is 58.1 cm³/mol. The number of nitrogens with two attached hydrogens (primary N) is 1. The average molecular weight is 209 g/mol. The Balaban J connectivity index is 2.75. The zero-order valence-corrected chi connectivity index (χ0v) is 8.33. The van der Waals surface area contributed by atoms with Crippen LogP contribution in [0.15, 0.2) is 30.3 Å². The second-order valence-corrected chi connectivity index (χ2v) is 3.45. The molecule has 1 aromatic carbocycles. The van der Waals surface area contributed by atoms with Crippen molar-refractivity contribution in [2.75, 3.05) is 0 Å². The smallest absolute Gasteiger partial charge is 0.313 e. The lowest BCUT2D eigenvalue weighted by atomic mass is 10.00. The molecule has 1 unspecified atom stereocenters. The van der Waals surface area contributed by atoms with Crippen LogP contribution in [0.5, 0.6) is 0 Å². The van der Waals surface area contributed by atoms with Gasteiger partial charge < -0.3 is 10.8 Å². The molecule has 14 heavy (non-hydrogen) atoms. The first-order chi connectivity index (χ1) is 6.61. The van der Waals surface area contributed by atoms with E-state index in [1.807, 2.05) is 30.3 Å². The second-order valence-electron chi connectivity index (χ2n) is 2.98. The molecule has 0 saturated heterocycles. The van der Waals surface area contributed by atoms with Gasteiger partial charge in [0, 0.05) is 0 Å². The fourth-order valence-corrected chi connectivity index (χ4v) is 1.34. The van der Waals surface area contributed by atoms with Gasteiger partial charge in [0.1, 0.15) is 5.92 Å². The monoisotopic (exact) mass is 209 g/mol. The molecule has 0 fully saturated rings. The summed E-state index contributed by atoms with van der Waals surface area (Å²) < 4.78 is 0. The van der Waals surface area contributed by atoms with Crippen molar-refractivity contribution in [3.8, 4) is 0 Å². The van der Waals surface area contributed by atoms with Gasteiger partial charge in [-0.05, 0) is 12.0 Å². The van der Waals surface area contributed by atoms with Crippen molar-refractivity contribution >= 4 is 23.2 Å². The molecule has 0 heterocycles. The van der Waals surface area contributed by atoms with Crippen molar-refractivity contribution in [1.29, 1.82) is 0 Å². The number of aliphatic carboxylic acids is 1. The van der Waals surface area contributed by atoms with Crippen LogP contribution in [0.1, 0.15) is 5.56 Å². The highest BCUT2D eigenvalue weighted by Crippen LogP contribution is 2.09. The lowest BCUT2D eigenvalue weighted by molar-refractivity contribution is -0.139. The summed E-state index contributed by atoms with van der Waals surface area (Å²) in [5.41, 5.74) is 6.26. The van der Waals surface area contributed by atoms with Crippen molar-refractivity contribution in [2.24, 2.45) is 11.7 Å². The van der Waals surface area contributed by atoms with E-state index < -0.39 is 11.9 Å². The molecule has 0 amide bonds. The van der Waals surface area contributed by atoms with Gasteiger partial charge >= 0.3 is 5.97 Å². The zero-order chi connectivity index (χ0) is 10.6. The van der Waals surface area contributed by atoms with Gasteiger partial charge in [-0.1, -0.05) is 42.5 Å². The lowest BCUT2D eigenvalue weighted by Crippen LogP contribution is -2.30. The van der Waals surface area contributed by atoms with E-state index in [1.165, 1.54) is 0 Å². The Morgan fingerprint density at radius 2 is 2.00 bits per heavy atom. The Bertz CT molecular complexity index is 323. The van der Waals surface area contributed by atoms with Crippen molar-refractivity contribution in [3.63, 3.8) is 0 Å². The summed E-state index contributed by atoms with van der Waals surface area (Å²) in [5, 5.41) is 8.84. The molecule has 0 aliphatic heterocycles. The number of carboxylic acids is 1. The molecule has 0 aromatic heterocycles. The molecule has 0 aliphatic rings. The minimum atomic E-state index is -0.971. The van der Waals surface area contributed by atoms with Crippen LogP contribution >= 0.6 is 12.2 Å². The van der Waals surface area contributed by atoms with Crippen LogP contribution in [-0.4, -0.2) is 16.1 Å². The van der Waals surface area contributed by atoms with E-state index >= 15 is 0 Å². The van der Waals surface area contributed by atoms with Crippen molar-refractivity contribution < 1.29 is 9.90 Å². The largest absolute Gasteiger partial charge is 0.481 e. The Kier molecular flexibility index (Phi) is 3.59. The van der Waals surface area contributed by atoms with Crippen LogP contribution in [0.2, 0.25) is 0 Å². The topological polar surface area (TPSA) is 63.3 Å². The van der Waals surface area contributed by atoms with Crippen LogP contribution < -0.4 is 5.73 Å². The summed E-state index contributed by atoms with van der Waals surface area (Å²) in [4.78, 5) is 10.8. The summed E-state index contributed by atoms with van der Waals surface area (Å²) in [6, 6.07) is 9.30. The Hall–Kier alpha value is -1.42. The number of benzene rings is 1. The maximum atomic E-state index is 10.8. The van der Waals surface area contributed by atoms with E-state index in [2.05, 4.69) is 12.2 Å². The molecular formula is C10H11NO2S. The van der Waals surface area contributed by atoms with Crippen LogP contribution in [0.4, 0.5) is 0 Å². The first-order valence-electron chi connectivity index (χ1n) is 4.17. The molecule has 1 aromatic rings. The molecule has 0 saturated carbocycles. The van der Waals surface area contributed by atoms with E-state index in [9.17, 15) is 4.79 Å². The number of hydrogen-bond donors (Lipinski definition) is 2. The van der Waals surface area contributed by atoms with Crippen molar-refractivity contribution in [3.05, 3.63) is 35.9 Å². The van der Waals surface area contributed by atoms with Crippen LogP contribution in [0.25, 0.3) is 0 Å². The van der Waals surface area contributed by atoms with E-state index in [1.54, 1.807) is 0 Å². The van der Waals surface area contributed by atoms with Crippen LogP contribution in [0.3, 0.4) is 0 Å². The first kappa shape index (κ1) is 10.7.